The summed E-state index contributed by atoms with van der Waals surface area (Å²) in [5.74, 6) is 0.979. The number of alkyl halides is 3. The van der Waals surface area contributed by atoms with Gasteiger partial charge in [-0.3, -0.25) is 19.8 Å². The first-order valence-electron chi connectivity index (χ1n) is 12.5. The molecule has 1 fully saturated rings. The third-order valence-electron chi connectivity index (χ3n) is 7.35. The van der Waals surface area contributed by atoms with Gasteiger partial charge in [-0.2, -0.15) is 18.3 Å². The molecule has 0 aliphatic carbocycles. The fourth-order valence-corrected chi connectivity index (χ4v) is 7.41. The molecule has 1 spiro atoms. The van der Waals surface area contributed by atoms with E-state index in [0.29, 0.717) is 18.8 Å². The van der Waals surface area contributed by atoms with Crippen LogP contribution in [0.4, 0.5) is 13.2 Å². The van der Waals surface area contributed by atoms with Crippen molar-refractivity contribution >= 4 is 34.7 Å². The monoisotopic (exact) mass is 561 g/mol. The first-order chi connectivity index (χ1) is 18.2. The van der Waals surface area contributed by atoms with Crippen LogP contribution in [0.1, 0.15) is 52.8 Å². The number of rotatable bonds is 4. The second kappa shape index (κ2) is 9.73. The molecule has 200 valence electrons. The summed E-state index contributed by atoms with van der Waals surface area (Å²) in [6.07, 6.45) is 0.00224. The van der Waals surface area contributed by atoms with Crippen molar-refractivity contribution in [2.45, 2.75) is 55.3 Å². The van der Waals surface area contributed by atoms with Crippen LogP contribution in [0.5, 0.6) is 0 Å². The Hall–Kier alpha value is -2.83. The van der Waals surface area contributed by atoms with Crippen LogP contribution in [0.2, 0.25) is 0 Å². The molecule has 3 aliphatic heterocycles. The van der Waals surface area contributed by atoms with Crippen LogP contribution in [0.15, 0.2) is 46.7 Å². The minimum atomic E-state index is -4.53. The SMILES string of the molecule is Cc1cc(C(F)(F)F)nn1CC(=O)N1CCC(c2nc(C3=CC4(CCSc5ccccc54)ON3)cs2)CC1. The van der Waals surface area contributed by atoms with Crippen LogP contribution in [0.3, 0.4) is 0 Å². The Labute approximate surface area is 226 Å². The summed E-state index contributed by atoms with van der Waals surface area (Å²) in [5, 5.41) is 6.64. The van der Waals surface area contributed by atoms with Crippen molar-refractivity contribution in [1.29, 1.82) is 0 Å². The molecule has 1 amide bonds. The smallest absolute Gasteiger partial charge is 0.341 e. The Kier molecular flexibility index (Phi) is 6.51. The lowest BCUT2D eigenvalue weighted by Crippen LogP contribution is -2.40. The van der Waals surface area contributed by atoms with Gasteiger partial charge in [-0.25, -0.2) is 4.98 Å². The van der Waals surface area contributed by atoms with Gasteiger partial charge in [0.25, 0.3) is 0 Å². The maximum absolute atomic E-state index is 12.9. The number of carbonyl (C=O) groups excluding carboxylic acids is 1. The standard InChI is InChI=1S/C26H26F3N5O2S2/c1-16-12-22(26(27,28)29)31-34(16)14-23(35)33-9-6-17(7-10-33)24-30-20(15-38-24)19-13-25(36-32-19)8-11-37-21-5-3-2-4-18(21)25/h2-5,12-13,15,17,32H,6-11,14H2,1H3. The fourth-order valence-electron chi connectivity index (χ4n) is 5.22. The summed E-state index contributed by atoms with van der Waals surface area (Å²) in [7, 11) is 0. The average Bonchev–Trinajstić information content (AvgIpc) is 3.64. The highest BCUT2D eigenvalue weighted by Crippen LogP contribution is 2.46. The lowest BCUT2D eigenvalue weighted by atomic mass is 9.90. The van der Waals surface area contributed by atoms with Crippen molar-refractivity contribution in [3.8, 4) is 0 Å². The number of carbonyl (C=O) groups is 1. The molecule has 6 rings (SSSR count). The summed E-state index contributed by atoms with van der Waals surface area (Å²) in [6.45, 7) is 2.39. The molecule has 2 aromatic heterocycles. The second-order valence-electron chi connectivity index (χ2n) is 9.80. The number of fused-ring (bicyclic) bond motifs is 2. The number of aryl methyl sites for hydroxylation is 1. The Morgan fingerprint density at radius 3 is 2.82 bits per heavy atom. The Balaban J connectivity index is 1.09. The van der Waals surface area contributed by atoms with Crippen LogP contribution in [0.25, 0.3) is 5.70 Å². The topological polar surface area (TPSA) is 72.3 Å². The van der Waals surface area contributed by atoms with E-state index in [1.54, 1.807) is 16.2 Å². The van der Waals surface area contributed by atoms with Gasteiger partial charge in [0, 0.05) is 46.3 Å². The van der Waals surface area contributed by atoms with E-state index < -0.39 is 17.5 Å². The second-order valence-corrected chi connectivity index (χ2v) is 11.8. The molecule has 7 nitrogen and oxygen atoms in total. The summed E-state index contributed by atoms with van der Waals surface area (Å²) >= 11 is 3.45. The molecule has 38 heavy (non-hydrogen) atoms. The number of thioether (sulfide) groups is 1. The molecule has 3 aliphatic rings. The Bertz CT molecular complexity index is 1390. The van der Waals surface area contributed by atoms with Crippen molar-refractivity contribution in [2.75, 3.05) is 18.8 Å². The van der Waals surface area contributed by atoms with Crippen LogP contribution in [-0.4, -0.2) is 44.4 Å². The third-order valence-corrected chi connectivity index (χ3v) is 9.43. The van der Waals surface area contributed by atoms with E-state index in [2.05, 4.69) is 28.8 Å². The van der Waals surface area contributed by atoms with Crippen LogP contribution in [0, 0.1) is 6.92 Å². The van der Waals surface area contributed by atoms with Gasteiger partial charge in [-0.15, -0.1) is 23.1 Å². The van der Waals surface area contributed by atoms with Crippen molar-refractivity contribution in [2.24, 2.45) is 0 Å². The van der Waals surface area contributed by atoms with E-state index in [1.807, 2.05) is 29.3 Å². The van der Waals surface area contributed by atoms with Gasteiger partial charge in [0.2, 0.25) is 5.91 Å². The number of benzene rings is 1. The van der Waals surface area contributed by atoms with Gasteiger partial charge in [0.05, 0.1) is 16.4 Å². The molecule has 0 bridgehead atoms. The lowest BCUT2D eigenvalue weighted by Gasteiger charge is -2.31. The van der Waals surface area contributed by atoms with Crippen molar-refractivity contribution in [1.82, 2.24) is 25.1 Å². The average molecular weight is 562 g/mol. The van der Waals surface area contributed by atoms with E-state index in [4.69, 9.17) is 9.82 Å². The molecule has 0 radical (unpaired) electrons. The van der Waals surface area contributed by atoms with Gasteiger partial charge in [0.15, 0.2) is 5.69 Å². The maximum Gasteiger partial charge on any atom is 0.435 e. The number of nitrogens with zero attached hydrogens (tertiary/aromatic N) is 4. The third kappa shape index (κ3) is 4.73. The van der Waals surface area contributed by atoms with Crippen LogP contribution >= 0.6 is 23.1 Å². The van der Waals surface area contributed by atoms with Crippen molar-refractivity contribution in [3.63, 3.8) is 0 Å². The summed E-state index contributed by atoms with van der Waals surface area (Å²) in [4.78, 5) is 26.8. The molecule has 0 saturated carbocycles. The largest absolute Gasteiger partial charge is 0.435 e. The van der Waals surface area contributed by atoms with Gasteiger partial charge < -0.3 is 4.90 Å². The maximum atomic E-state index is 12.9. The summed E-state index contributed by atoms with van der Waals surface area (Å²) in [6, 6.07) is 9.30. The molecule has 5 heterocycles. The quantitative estimate of drug-likeness (QED) is 0.464. The number of piperidine rings is 1. The molecule has 12 heteroatoms. The van der Waals surface area contributed by atoms with Crippen LogP contribution < -0.4 is 5.48 Å². The number of aromatic nitrogens is 3. The number of likely N-dealkylation sites (tertiary alicyclic amines) is 1. The molecule has 1 atom stereocenters. The van der Waals surface area contributed by atoms with Crippen LogP contribution in [-0.2, 0) is 28.0 Å². The van der Waals surface area contributed by atoms with Gasteiger partial charge in [-0.05, 0) is 44.4 Å². The first-order valence-corrected chi connectivity index (χ1v) is 14.3. The summed E-state index contributed by atoms with van der Waals surface area (Å²) < 4.78 is 39.9. The summed E-state index contributed by atoms with van der Waals surface area (Å²) in [5.41, 5.74) is 4.86. The zero-order chi connectivity index (χ0) is 26.5. The first kappa shape index (κ1) is 25.4. The van der Waals surface area contributed by atoms with E-state index in [1.165, 1.54) is 17.4 Å². The van der Waals surface area contributed by atoms with E-state index in [0.717, 1.165) is 52.2 Å². The number of thiazole rings is 1. The number of nitrogens with one attached hydrogen (secondary N) is 1. The fraction of sp³-hybridized carbons (Fsp3) is 0.423. The molecule has 3 aromatic rings. The molecule has 1 saturated heterocycles. The minimum Gasteiger partial charge on any atom is -0.341 e. The highest BCUT2D eigenvalue weighted by molar-refractivity contribution is 7.99. The van der Waals surface area contributed by atoms with E-state index in [9.17, 15) is 18.0 Å². The van der Waals surface area contributed by atoms with Crippen molar-refractivity contribution in [3.05, 3.63) is 69.4 Å². The number of hydrogen-bond donors (Lipinski definition) is 1. The Morgan fingerprint density at radius 2 is 2.05 bits per heavy atom. The Morgan fingerprint density at radius 1 is 1.26 bits per heavy atom. The molecular formula is C26H26F3N5O2S2. The minimum absolute atomic E-state index is 0.197. The van der Waals surface area contributed by atoms with E-state index >= 15 is 0 Å². The zero-order valence-corrected chi connectivity index (χ0v) is 22.3. The zero-order valence-electron chi connectivity index (χ0n) is 20.6. The highest BCUT2D eigenvalue weighted by atomic mass is 32.2. The normalized spacial score (nSPS) is 21.9. The predicted molar refractivity (Wildman–Crippen MR) is 138 cm³/mol. The van der Waals surface area contributed by atoms with Gasteiger partial charge >= 0.3 is 6.18 Å². The van der Waals surface area contributed by atoms with Gasteiger partial charge in [0.1, 0.15) is 12.1 Å². The number of halogens is 3. The van der Waals surface area contributed by atoms with E-state index in [-0.39, 0.29) is 18.4 Å². The lowest BCUT2D eigenvalue weighted by molar-refractivity contribution is -0.142. The predicted octanol–water partition coefficient (Wildman–Crippen LogP) is 5.34. The van der Waals surface area contributed by atoms with Crippen molar-refractivity contribution < 1.29 is 22.8 Å². The number of hydrogen-bond acceptors (Lipinski definition) is 7. The molecule has 1 aromatic carbocycles. The molecule has 1 N–H and O–H groups in total. The van der Waals surface area contributed by atoms with Gasteiger partial charge in [-0.1, -0.05) is 18.2 Å². The molecular weight excluding hydrogens is 535 g/mol. The molecule has 1 unspecified atom stereocenters. The number of amides is 1. The number of hydroxylamine groups is 1. The highest BCUT2D eigenvalue weighted by Gasteiger charge is 2.41.